The van der Waals surface area contributed by atoms with E-state index in [4.69, 9.17) is 18.9 Å². The minimum Gasteiger partial charge on any atom is -0.490 e. The average Bonchev–Trinajstić information content (AvgIpc) is 2.94. The van der Waals surface area contributed by atoms with Gasteiger partial charge in [0, 0.05) is 51.7 Å². The van der Waals surface area contributed by atoms with Crippen molar-refractivity contribution in [1.82, 2.24) is 15.3 Å². The summed E-state index contributed by atoms with van der Waals surface area (Å²) in [5.41, 5.74) is 3.16. The Hall–Kier alpha value is -2.76. The lowest BCUT2D eigenvalue weighted by molar-refractivity contribution is -0.0328. The molecule has 0 spiro atoms. The van der Waals surface area contributed by atoms with E-state index in [-0.39, 0.29) is 18.0 Å². The number of aliphatic hydroxyl groups excluding tert-OH is 1. The van der Waals surface area contributed by atoms with Crippen LogP contribution in [0.3, 0.4) is 0 Å². The SMILES string of the molecule is COCCCN1CCOc2ccc(CO[C@H]3CNC[C@@H](O)[C@@H]3c3ccc(Oc4ncc(Br)cn4)cc3)cc21. The largest absolute Gasteiger partial charge is 0.490 e. The molecule has 3 heterocycles. The van der Waals surface area contributed by atoms with E-state index in [0.29, 0.717) is 32.1 Å². The summed E-state index contributed by atoms with van der Waals surface area (Å²) in [5, 5.41) is 14.2. The van der Waals surface area contributed by atoms with Crippen molar-refractivity contribution in [3.8, 4) is 17.5 Å². The summed E-state index contributed by atoms with van der Waals surface area (Å²) < 4.78 is 24.0. The maximum atomic E-state index is 10.9. The highest BCUT2D eigenvalue weighted by Gasteiger charge is 2.34. The number of nitrogens with zero attached hydrogens (tertiary/aromatic N) is 3. The van der Waals surface area contributed by atoms with E-state index in [1.54, 1.807) is 19.5 Å². The summed E-state index contributed by atoms with van der Waals surface area (Å²) in [7, 11) is 1.73. The van der Waals surface area contributed by atoms with Gasteiger partial charge in [0.1, 0.15) is 18.1 Å². The fraction of sp³-hybridized carbons (Fsp3) is 0.429. The summed E-state index contributed by atoms with van der Waals surface area (Å²) in [6.45, 7) is 4.81. The lowest BCUT2D eigenvalue weighted by Gasteiger charge is -2.36. The number of halogens is 1. The molecule has 5 rings (SSSR count). The van der Waals surface area contributed by atoms with Crippen LogP contribution in [0.2, 0.25) is 0 Å². The Bertz CT molecular complexity index is 1180. The van der Waals surface area contributed by atoms with Gasteiger partial charge >= 0.3 is 6.01 Å². The fourth-order valence-electron chi connectivity index (χ4n) is 4.93. The molecule has 202 valence electrons. The molecule has 1 fully saturated rings. The number of nitrogens with one attached hydrogen (secondary N) is 1. The van der Waals surface area contributed by atoms with E-state index in [2.05, 4.69) is 48.2 Å². The van der Waals surface area contributed by atoms with Crippen LogP contribution >= 0.6 is 15.9 Å². The third-order valence-corrected chi connectivity index (χ3v) is 7.22. The Morgan fingerprint density at radius 1 is 1.13 bits per heavy atom. The Labute approximate surface area is 231 Å². The number of benzene rings is 2. The molecule has 2 aliphatic rings. The second-order valence-electron chi connectivity index (χ2n) is 9.44. The van der Waals surface area contributed by atoms with E-state index in [1.807, 2.05) is 30.3 Å². The minimum absolute atomic E-state index is 0.166. The molecule has 3 atom stereocenters. The van der Waals surface area contributed by atoms with Crippen LogP contribution < -0.4 is 19.7 Å². The van der Waals surface area contributed by atoms with Gasteiger partial charge in [-0.1, -0.05) is 18.2 Å². The molecule has 38 heavy (non-hydrogen) atoms. The number of piperidine rings is 1. The van der Waals surface area contributed by atoms with Crippen molar-refractivity contribution >= 4 is 21.6 Å². The number of hydrogen-bond donors (Lipinski definition) is 2. The maximum absolute atomic E-state index is 10.9. The van der Waals surface area contributed by atoms with Crippen molar-refractivity contribution in [3.63, 3.8) is 0 Å². The Morgan fingerprint density at radius 3 is 2.74 bits per heavy atom. The summed E-state index contributed by atoms with van der Waals surface area (Å²) in [5.74, 6) is 1.37. The predicted octanol–water partition coefficient (Wildman–Crippen LogP) is 3.90. The van der Waals surface area contributed by atoms with Gasteiger partial charge in [-0.3, -0.25) is 0 Å². The second-order valence-corrected chi connectivity index (χ2v) is 10.4. The van der Waals surface area contributed by atoms with E-state index >= 15 is 0 Å². The number of β-amino-alcohol motifs (C(OH)–C–C–N with tert-alkyl or cyclic N) is 1. The smallest absolute Gasteiger partial charge is 0.321 e. The summed E-state index contributed by atoms with van der Waals surface area (Å²) in [6.07, 6.45) is 3.48. The molecule has 1 saturated heterocycles. The molecule has 0 radical (unpaired) electrons. The lowest BCUT2D eigenvalue weighted by Crippen LogP contribution is -2.49. The van der Waals surface area contributed by atoms with Gasteiger partial charge < -0.3 is 34.3 Å². The van der Waals surface area contributed by atoms with E-state index in [0.717, 1.165) is 53.2 Å². The standard InChI is InChI=1S/C28H33BrN4O5/c1-35-11-2-9-33-10-12-36-25-8-3-19(13-23(25)33)18-37-26-17-30-16-24(34)27(26)20-4-6-22(7-5-20)38-28-31-14-21(29)15-32-28/h3-8,13-15,24,26-27,30,34H,2,9-12,16-18H2,1H3/t24-,26+,27+/m1/s1. The number of fused-ring (bicyclic) bond motifs is 1. The first kappa shape index (κ1) is 26.8. The minimum atomic E-state index is -0.566. The number of aromatic nitrogens is 2. The van der Waals surface area contributed by atoms with E-state index in [1.165, 1.54) is 0 Å². The van der Waals surface area contributed by atoms with Crippen molar-refractivity contribution < 1.29 is 24.1 Å². The van der Waals surface area contributed by atoms with E-state index < -0.39 is 6.10 Å². The Morgan fingerprint density at radius 2 is 1.95 bits per heavy atom. The monoisotopic (exact) mass is 584 g/mol. The van der Waals surface area contributed by atoms with Crippen molar-refractivity contribution in [1.29, 1.82) is 0 Å². The van der Waals surface area contributed by atoms with Crippen LogP contribution in [-0.2, 0) is 16.1 Å². The van der Waals surface area contributed by atoms with Crippen LogP contribution in [0.1, 0.15) is 23.5 Å². The van der Waals surface area contributed by atoms with E-state index in [9.17, 15) is 5.11 Å². The normalized spacial score (nSPS) is 21.0. The number of ether oxygens (including phenoxy) is 4. The molecule has 0 unspecified atom stereocenters. The van der Waals surface area contributed by atoms with Gasteiger partial charge in [-0.25, -0.2) is 9.97 Å². The highest BCUT2D eigenvalue weighted by molar-refractivity contribution is 9.10. The van der Waals surface area contributed by atoms with Gasteiger partial charge in [-0.15, -0.1) is 0 Å². The molecule has 3 aromatic rings. The van der Waals surface area contributed by atoms with Crippen LogP contribution in [-0.4, -0.2) is 73.8 Å². The van der Waals surface area contributed by atoms with Gasteiger partial charge in [0.2, 0.25) is 0 Å². The van der Waals surface area contributed by atoms with Crippen LogP contribution in [0, 0.1) is 0 Å². The van der Waals surface area contributed by atoms with Gasteiger partial charge in [0.05, 0.1) is 35.5 Å². The maximum Gasteiger partial charge on any atom is 0.321 e. The number of anilines is 1. The Kier molecular flexibility index (Phi) is 9.08. The number of hydrogen-bond acceptors (Lipinski definition) is 9. The lowest BCUT2D eigenvalue weighted by atomic mass is 9.85. The molecule has 0 bridgehead atoms. The molecule has 0 saturated carbocycles. The summed E-state index contributed by atoms with van der Waals surface area (Å²) in [4.78, 5) is 10.6. The van der Waals surface area contributed by atoms with Crippen molar-refractivity contribution in [3.05, 3.63) is 70.5 Å². The molecular weight excluding hydrogens is 552 g/mol. The van der Waals surface area contributed by atoms with Crippen LogP contribution in [0.5, 0.6) is 17.5 Å². The third kappa shape index (κ3) is 6.62. The molecule has 1 aromatic heterocycles. The topological polar surface area (TPSA) is 98.2 Å². The van der Waals surface area contributed by atoms with Gasteiger partial charge in [0.15, 0.2) is 0 Å². The molecule has 0 amide bonds. The van der Waals surface area contributed by atoms with Crippen molar-refractivity contribution in [2.45, 2.75) is 31.2 Å². The molecule has 0 aliphatic carbocycles. The first-order valence-corrected chi connectivity index (χ1v) is 13.7. The molecule has 10 heteroatoms. The number of methoxy groups -OCH3 is 1. The summed E-state index contributed by atoms with van der Waals surface area (Å²) >= 11 is 3.32. The second kappa shape index (κ2) is 12.9. The molecule has 2 aliphatic heterocycles. The fourth-order valence-corrected chi connectivity index (χ4v) is 5.14. The average molecular weight is 585 g/mol. The molecule has 2 aromatic carbocycles. The molecule has 2 N–H and O–H groups in total. The predicted molar refractivity (Wildman–Crippen MR) is 147 cm³/mol. The summed E-state index contributed by atoms with van der Waals surface area (Å²) in [6, 6.07) is 14.2. The zero-order valence-electron chi connectivity index (χ0n) is 21.4. The van der Waals surface area contributed by atoms with Crippen LogP contribution in [0.25, 0.3) is 0 Å². The third-order valence-electron chi connectivity index (χ3n) is 6.81. The van der Waals surface area contributed by atoms with Gasteiger partial charge in [-0.05, 0) is 57.7 Å². The Balaban J connectivity index is 1.25. The van der Waals surface area contributed by atoms with Crippen molar-refractivity contribution in [2.75, 3.05) is 51.4 Å². The van der Waals surface area contributed by atoms with Crippen molar-refractivity contribution in [2.24, 2.45) is 0 Å². The first-order valence-electron chi connectivity index (χ1n) is 12.9. The quantitative estimate of drug-likeness (QED) is 0.344. The van der Waals surface area contributed by atoms with Gasteiger partial charge in [-0.2, -0.15) is 0 Å². The zero-order chi connectivity index (χ0) is 26.3. The molecule has 9 nitrogen and oxygen atoms in total. The zero-order valence-corrected chi connectivity index (χ0v) is 23.0. The highest BCUT2D eigenvalue weighted by Crippen LogP contribution is 2.34. The van der Waals surface area contributed by atoms with Crippen LogP contribution in [0.15, 0.2) is 59.3 Å². The van der Waals surface area contributed by atoms with Crippen LogP contribution in [0.4, 0.5) is 5.69 Å². The number of aliphatic hydroxyl groups is 1. The number of rotatable bonds is 10. The highest BCUT2D eigenvalue weighted by atomic mass is 79.9. The first-order chi connectivity index (χ1) is 18.6. The molecular formula is C28H33BrN4O5. The van der Waals surface area contributed by atoms with Gasteiger partial charge in [0.25, 0.3) is 0 Å².